The maximum atomic E-state index is 12.2. The quantitative estimate of drug-likeness (QED) is 0.570. The third kappa shape index (κ3) is 2.14. The van der Waals surface area contributed by atoms with Gasteiger partial charge in [-0.15, -0.1) is 0 Å². The number of carbonyl (C=O) groups is 1. The number of fused-ring (bicyclic) bond motifs is 2. The summed E-state index contributed by atoms with van der Waals surface area (Å²) in [5.74, 6) is 0.127. The Bertz CT molecular complexity index is 1140. The SMILES string of the molecule is COC(=O)c1cccc2cc(-c3nc4cnccc4c(=O)[nH]3)oc12. The van der Waals surface area contributed by atoms with Gasteiger partial charge in [0.15, 0.2) is 11.6 Å². The van der Waals surface area contributed by atoms with Crippen molar-refractivity contribution < 1.29 is 13.9 Å². The highest BCUT2D eigenvalue weighted by Crippen LogP contribution is 2.28. The zero-order chi connectivity index (χ0) is 16.7. The first-order chi connectivity index (χ1) is 11.7. The number of aromatic amines is 1. The highest BCUT2D eigenvalue weighted by molar-refractivity contribution is 6.02. The van der Waals surface area contributed by atoms with E-state index in [0.29, 0.717) is 33.2 Å². The molecule has 24 heavy (non-hydrogen) atoms. The van der Waals surface area contributed by atoms with Crippen LogP contribution in [0.3, 0.4) is 0 Å². The van der Waals surface area contributed by atoms with Crippen LogP contribution in [0.25, 0.3) is 33.5 Å². The van der Waals surface area contributed by atoms with Gasteiger partial charge >= 0.3 is 5.97 Å². The number of H-pyrrole nitrogens is 1. The van der Waals surface area contributed by atoms with Gasteiger partial charge in [-0.1, -0.05) is 12.1 Å². The number of hydrogen-bond donors (Lipinski definition) is 1. The van der Waals surface area contributed by atoms with E-state index in [4.69, 9.17) is 9.15 Å². The van der Waals surface area contributed by atoms with Gasteiger partial charge in [0.05, 0.1) is 24.2 Å². The fraction of sp³-hybridized carbons (Fsp3) is 0.0588. The molecule has 0 spiro atoms. The van der Waals surface area contributed by atoms with Crippen LogP contribution in [0.15, 0.2) is 51.9 Å². The highest BCUT2D eigenvalue weighted by Gasteiger charge is 2.17. The maximum absolute atomic E-state index is 12.2. The largest absolute Gasteiger partial charge is 0.465 e. The summed E-state index contributed by atoms with van der Waals surface area (Å²) in [6, 6.07) is 8.45. The molecule has 3 aromatic heterocycles. The first-order valence-electron chi connectivity index (χ1n) is 7.12. The molecule has 118 valence electrons. The van der Waals surface area contributed by atoms with Gasteiger partial charge in [0.2, 0.25) is 0 Å². The van der Waals surface area contributed by atoms with E-state index < -0.39 is 5.97 Å². The second kappa shape index (κ2) is 5.31. The zero-order valence-electron chi connectivity index (χ0n) is 12.6. The summed E-state index contributed by atoms with van der Waals surface area (Å²) in [6.07, 6.45) is 3.04. The minimum Gasteiger partial charge on any atom is -0.465 e. The lowest BCUT2D eigenvalue weighted by molar-refractivity contribution is 0.0602. The average Bonchev–Trinajstić information content (AvgIpc) is 3.05. The predicted octanol–water partition coefficient (Wildman–Crippen LogP) is 2.52. The van der Waals surface area contributed by atoms with E-state index in [1.165, 1.54) is 19.5 Å². The molecule has 0 saturated heterocycles. The number of benzene rings is 1. The van der Waals surface area contributed by atoms with Crippen LogP contribution in [0.5, 0.6) is 0 Å². The normalized spacial score (nSPS) is 11.0. The van der Waals surface area contributed by atoms with Gasteiger partial charge in [-0.25, -0.2) is 9.78 Å². The Balaban J connectivity index is 1.94. The molecule has 3 heterocycles. The van der Waals surface area contributed by atoms with Crippen LogP contribution in [0.2, 0.25) is 0 Å². The Morgan fingerprint density at radius 1 is 1.29 bits per heavy atom. The van der Waals surface area contributed by atoms with Crippen molar-refractivity contribution in [1.82, 2.24) is 15.0 Å². The number of esters is 1. The number of pyridine rings is 1. The fourth-order valence-electron chi connectivity index (χ4n) is 2.56. The number of nitrogens with one attached hydrogen (secondary N) is 1. The van der Waals surface area contributed by atoms with Crippen molar-refractivity contribution in [2.75, 3.05) is 7.11 Å². The smallest absolute Gasteiger partial charge is 0.341 e. The summed E-state index contributed by atoms with van der Waals surface area (Å²) < 4.78 is 10.5. The van der Waals surface area contributed by atoms with Crippen molar-refractivity contribution >= 4 is 27.8 Å². The van der Waals surface area contributed by atoms with Gasteiger partial charge in [0, 0.05) is 11.6 Å². The molecule has 7 heteroatoms. The van der Waals surface area contributed by atoms with Gasteiger partial charge in [-0.2, -0.15) is 0 Å². The van der Waals surface area contributed by atoms with E-state index in [1.54, 1.807) is 30.3 Å². The summed E-state index contributed by atoms with van der Waals surface area (Å²) in [7, 11) is 1.31. The van der Waals surface area contributed by atoms with Crippen molar-refractivity contribution in [2.45, 2.75) is 0 Å². The van der Waals surface area contributed by atoms with Crippen LogP contribution < -0.4 is 5.56 Å². The van der Waals surface area contributed by atoms with Crippen molar-refractivity contribution in [3.05, 3.63) is 58.6 Å². The van der Waals surface area contributed by atoms with Crippen molar-refractivity contribution in [3.8, 4) is 11.6 Å². The Morgan fingerprint density at radius 2 is 2.17 bits per heavy atom. The number of rotatable bonds is 2. The van der Waals surface area contributed by atoms with E-state index in [-0.39, 0.29) is 11.4 Å². The Morgan fingerprint density at radius 3 is 3.00 bits per heavy atom. The topological polar surface area (TPSA) is 98.1 Å². The first-order valence-corrected chi connectivity index (χ1v) is 7.12. The first kappa shape index (κ1) is 14.1. The minimum absolute atomic E-state index is 0.271. The lowest BCUT2D eigenvalue weighted by Crippen LogP contribution is -2.09. The van der Waals surface area contributed by atoms with E-state index in [9.17, 15) is 9.59 Å². The molecule has 0 aliphatic rings. The van der Waals surface area contributed by atoms with E-state index in [1.807, 2.05) is 0 Å². The number of aromatic nitrogens is 3. The number of ether oxygens (including phenoxy) is 1. The molecule has 4 rings (SSSR count). The summed E-state index contributed by atoms with van der Waals surface area (Å²) in [6.45, 7) is 0. The Hall–Kier alpha value is -3.48. The molecule has 0 saturated carbocycles. The number of para-hydroxylation sites is 1. The molecule has 0 radical (unpaired) electrons. The summed E-state index contributed by atoms with van der Waals surface area (Å²) in [5, 5.41) is 1.15. The van der Waals surface area contributed by atoms with Crippen LogP contribution in [0.4, 0.5) is 0 Å². The monoisotopic (exact) mass is 321 g/mol. The summed E-state index contributed by atoms with van der Waals surface area (Å²) in [4.78, 5) is 35.0. The number of nitrogens with zero attached hydrogens (tertiary/aromatic N) is 2. The second-order valence-electron chi connectivity index (χ2n) is 5.13. The highest BCUT2D eigenvalue weighted by atomic mass is 16.5. The van der Waals surface area contributed by atoms with Crippen LogP contribution in [0, 0.1) is 0 Å². The molecule has 0 aliphatic heterocycles. The lowest BCUT2D eigenvalue weighted by atomic mass is 10.1. The lowest BCUT2D eigenvalue weighted by Gasteiger charge is -2.00. The number of carbonyl (C=O) groups excluding carboxylic acids is 1. The van der Waals surface area contributed by atoms with Crippen LogP contribution in [0.1, 0.15) is 10.4 Å². The number of furan rings is 1. The molecule has 4 aromatic rings. The average molecular weight is 321 g/mol. The van der Waals surface area contributed by atoms with Crippen LogP contribution >= 0.6 is 0 Å². The minimum atomic E-state index is -0.495. The summed E-state index contributed by atoms with van der Waals surface area (Å²) >= 11 is 0. The number of hydrogen-bond acceptors (Lipinski definition) is 6. The Kier molecular flexibility index (Phi) is 3.13. The second-order valence-corrected chi connectivity index (χ2v) is 5.13. The zero-order valence-corrected chi connectivity index (χ0v) is 12.6. The predicted molar refractivity (Wildman–Crippen MR) is 86.7 cm³/mol. The molecule has 0 amide bonds. The van der Waals surface area contributed by atoms with Gasteiger partial charge in [0.1, 0.15) is 11.1 Å². The van der Waals surface area contributed by atoms with Gasteiger partial charge in [0.25, 0.3) is 5.56 Å². The van der Waals surface area contributed by atoms with Crippen molar-refractivity contribution in [2.24, 2.45) is 0 Å². The third-order valence-electron chi connectivity index (χ3n) is 3.69. The van der Waals surface area contributed by atoms with Gasteiger partial charge < -0.3 is 14.1 Å². The van der Waals surface area contributed by atoms with Crippen LogP contribution in [-0.2, 0) is 4.74 Å². The van der Waals surface area contributed by atoms with E-state index >= 15 is 0 Å². The van der Waals surface area contributed by atoms with Gasteiger partial charge in [-0.3, -0.25) is 9.78 Å². The number of methoxy groups -OCH3 is 1. The molecular weight excluding hydrogens is 310 g/mol. The molecule has 0 unspecified atom stereocenters. The standard InChI is InChI=1S/C17H11N3O4/c1-23-17(22)11-4-2-3-9-7-13(24-14(9)11)15-19-12-8-18-6-5-10(12)16(21)20-15/h2-8H,1H3,(H,19,20,21). The molecule has 0 fully saturated rings. The van der Waals surface area contributed by atoms with Gasteiger partial charge in [-0.05, 0) is 18.2 Å². The fourth-order valence-corrected chi connectivity index (χ4v) is 2.56. The molecule has 1 N–H and O–H groups in total. The van der Waals surface area contributed by atoms with Crippen molar-refractivity contribution in [3.63, 3.8) is 0 Å². The van der Waals surface area contributed by atoms with E-state index in [2.05, 4.69) is 15.0 Å². The van der Waals surface area contributed by atoms with Crippen LogP contribution in [-0.4, -0.2) is 28.0 Å². The molecular formula is C17H11N3O4. The molecule has 0 aliphatic carbocycles. The molecule has 7 nitrogen and oxygen atoms in total. The Labute approximate surface area is 134 Å². The molecule has 1 aromatic carbocycles. The van der Waals surface area contributed by atoms with E-state index in [0.717, 1.165) is 0 Å². The molecule has 0 bridgehead atoms. The maximum Gasteiger partial charge on any atom is 0.341 e. The molecule has 0 atom stereocenters. The summed E-state index contributed by atoms with van der Waals surface area (Å²) in [5.41, 5.74) is 0.871. The third-order valence-corrected chi connectivity index (χ3v) is 3.69. The van der Waals surface area contributed by atoms with Crippen molar-refractivity contribution in [1.29, 1.82) is 0 Å².